The van der Waals surface area contributed by atoms with Crippen LogP contribution in [0.2, 0.25) is 10.0 Å². The molecule has 0 bridgehead atoms. The molecule has 2 aromatic carbocycles. The van der Waals surface area contributed by atoms with E-state index in [1.165, 1.54) is 0 Å². The standard InChI is InChI=1S/C18H16Cl2N2O3/c19-11-7-12(20)17-13(8-11)21-15(18(24)25)9-14(17)22-16(23)6-10-4-2-1-3-5-10/h1-5,7-8,14-15,21H,6,9H2,(H,22,23)(H,24,25)/t14-,15+/m1/s1. The Kier molecular flexibility index (Phi) is 5.16. The van der Waals surface area contributed by atoms with Gasteiger partial charge in [-0.05, 0) is 17.7 Å². The van der Waals surface area contributed by atoms with Gasteiger partial charge in [0.1, 0.15) is 6.04 Å². The molecule has 1 aliphatic rings. The third kappa shape index (κ3) is 4.06. The van der Waals surface area contributed by atoms with Crippen molar-refractivity contribution in [2.45, 2.75) is 24.9 Å². The van der Waals surface area contributed by atoms with Crippen LogP contribution in [0.4, 0.5) is 5.69 Å². The number of hydrogen-bond acceptors (Lipinski definition) is 3. The predicted molar refractivity (Wildman–Crippen MR) is 97.2 cm³/mol. The molecule has 0 spiro atoms. The zero-order chi connectivity index (χ0) is 18.0. The maximum Gasteiger partial charge on any atom is 0.326 e. The minimum Gasteiger partial charge on any atom is -0.480 e. The fourth-order valence-corrected chi connectivity index (χ4v) is 3.60. The summed E-state index contributed by atoms with van der Waals surface area (Å²) >= 11 is 12.3. The van der Waals surface area contributed by atoms with Crippen LogP contribution < -0.4 is 10.6 Å². The first kappa shape index (κ1) is 17.6. The summed E-state index contributed by atoms with van der Waals surface area (Å²) in [5, 5.41) is 16.0. The molecule has 0 aliphatic carbocycles. The molecule has 0 fully saturated rings. The minimum absolute atomic E-state index is 0.195. The topological polar surface area (TPSA) is 78.4 Å². The smallest absolute Gasteiger partial charge is 0.326 e. The Bertz CT molecular complexity index is 811. The van der Waals surface area contributed by atoms with Crippen molar-refractivity contribution >= 4 is 40.8 Å². The highest BCUT2D eigenvalue weighted by Crippen LogP contribution is 2.39. The summed E-state index contributed by atoms with van der Waals surface area (Å²) in [4.78, 5) is 23.8. The van der Waals surface area contributed by atoms with E-state index >= 15 is 0 Å². The number of halogens is 2. The summed E-state index contributed by atoms with van der Waals surface area (Å²) in [6, 6.07) is 11.2. The second kappa shape index (κ2) is 7.33. The van der Waals surface area contributed by atoms with E-state index in [4.69, 9.17) is 23.2 Å². The lowest BCUT2D eigenvalue weighted by Crippen LogP contribution is -2.41. The molecule has 0 radical (unpaired) electrons. The van der Waals surface area contributed by atoms with Gasteiger partial charge in [-0.1, -0.05) is 53.5 Å². The molecule has 1 heterocycles. The highest BCUT2D eigenvalue weighted by atomic mass is 35.5. The molecule has 5 nitrogen and oxygen atoms in total. The van der Waals surface area contributed by atoms with E-state index in [9.17, 15) is 14.7 Å². The summed E-state index contributed by atoms with van der Waals surface area (Å²) in [6.45, 7) is 0. The maximum absolute atomic E-state index is 12.4. The van der Waals surface area contributed by atoms with Crippen molar-refractivity contribution in [2.75, 3.05) is 5.32 Å². The van der Waals surface area contributed by atoms with Gasteiger partial charge in [0.2, 0.25) is 5.91 Å². The van der Waals surface area contributed by atoms with Crippen molar-refractivity contribution in [1.29, 1.82) is 0 Å². The minimum atomic E-state index is -0.996. The van der Waals surface area contributed by atoms with Crippen molar-refractivity contribution in [3.63, 3.8) is 0 Å². The van der Waals surface area contributed by atoms with E-state index in [2.05, 4.69) is 10.6 Å². The number of carbonyl (C=O) groups is 2. The van der Waals surface area contributed by atoms with Gasteiger partial charge < -0.3 is 15.7 Å². The highest BCUT2D eigenvalue weighted by molar-refractivity contribution is 6.35. The molecule has 2 aromatic rings. The van der Waals surface area contributed by atoms with E-state index in [0.717, 1.165) is 5.56 Å². The van der Waals surface area contributed by atoms with Crippen LogP contribution in [-0.2, 0) is 16.0 Å². The normalized spacial score (nSPS) is 18.8. The van der Waals surface area contributed by atoms with Crippen LogP contribution in [0.15, 0.2) is 42.5 Å². The molecule has 7 heteroatoms. The highest BCUT2D eigenvalue weighted by Gasteiger charge is 2.33. The van der Waals surface area contributed by atoms with E-state index in [1.54, 1.807) is 12.1 Å². The lowest BCUT2D eigenvalue weighted by Gasteiger charge is -2.32. The lowest BCUT2D eigenvalue weighted by molar-refractivity contribution is -0.138. The summed E-state index contributed by atoms with van der Waals surface area (Å²) in [6.07, 6.45) is 0.410. The molecule has 130 valence electrons. The van der Waals surface area contributed by atoms with Gasteiger partial charge in [0.25, 0.3) is 0 Å². The summed E-state index contributed by atoms with van der Waals surface area (Å²) in [5.41, 5.74) is 2.07. The van der Waals surface area contributed by atoms with Crippen molar-refractivity contribution in [2.24, 2.45) is 0 Å². The van der Waals surface area contributed by atoms with Gasteiger partial charge in [0.05, 0.1) is 12.5 Å². The molecule has 3 rings (SSSR count). The fraction of sp³-hybridized carbons (Fsp3) is 0.222. The molecule has 0 aromatic heterocycles. The number of carboxylic acids is 1. The Morgan fingerprint density at radius 3 is 2.60 bits per heavy atom. The number of rotatable bonds is 4. The van der Waals surface area contributed by atoms with Gasteiger partial charge in [-0.2, -0.15) is 0 Å². The third-order valence-corrected chi connectivity index (χ3v) is 4.62. The second-order valence-corrected chi connectivity index (χ2v) is 6.75. The van der Waals surface area contributed by atoms with E-state index < -0.39 is 18.1 Å². The van der Waals surface area contributed by atoms with Gasteiger partial charge in [0, 0.05) is 27.7 Å². The maximum atomic E-state index is 12.4. The average molecular weight is 379 g/mol. The first-order valence-electron chi connectivity index (χ1n) is 7.75. The van der Waals surface area contributed by atoms with Gasteiger partial charge in [-0.25, -0.2) is 4.79 Å². The van der Waals surface area contributed by atoms with Crippen LogP contribution in [0.3, 0.4) is 0 Å². The van der Waals surface area contributed by atoms with Crippen LogP contribution in [0, 0.1) is 0 Å². The molecule has 25 heavy (non-hydrogen) atoms. The number of aliphatic carboxylic acids is 1. The van der Waals surface area contributed by atoms with Crippen molar-refractivity contribution in [3.05, 3.63) is 63.6 Å². The van der Waals surface area contributed by atoms with Crippen LogP contribution >= 0.6 is 23.2 Å². The molecule has 0 saturated heterocycles. The van der Waals surface area contributed by atoms with Gasteiger partial charge in [-0.15, -0.1) is 0 Å². The third-order valence-electron chi connectivity index (χ3n) is 4.08. The number of anilines is 1. The molecule has 1 amide bonds. The summed E-state index contributed by atoms with van der Waals surface area (Å²) in [7, 11) is 0. The largest absolute Gasteiger partial charge is 0.480 e. The number of fused-ring (bicyclic) bond motifs is 1. The first-order valence-corrected chi connectivity index (χ1v) is 8.51. The fourth-order valence-electron chi connectivity index (χ4n) is 2.98. The molecular weight excluding hydrogens is 363 g/mol. The van der Waals surface area contributed by atoms with Crippen molar-refractivity contribution in [3.8, 4) is 0 Å². The first-order chi connectivity index (χ1) is 11.9. The summed E-state index contributed by atoms with van der Waals surface area (Å²) in [5.74, 6) is -1.19. The molecule has 0 unspecified atom stereocenters. The zero-order valence-electron chi connectivity index (χ0n) is 13.1. The summed E-state index contributed by atoms with van der Waals surface area (Å²) < 4.78 is 0. The van der Waals surface area contributed by atoms with Gasteiger partial charge >= 0.3 is 5.97 Å². The van der Waals surface area contributed by atoms with E-state index in [-0.39, 0.29) is 18.7 Å². The van der Waals surface area contributed by atoms with E-state index in [1.807, 2.05) is 30.3 Å². The van der Waals surface area contributed by atoms with Crippen molar-refractivity contribution < 1.29 is 14.7 Å². The van der Waals surface area contributed by atoms with Crippen molar-refractivity contribution in [1.82, 2.24) is 5.32 Å². The van der Waals surface area contributed by atoms with Crippen LogP contribution in [0.1, 0.15) is 23.6 Å². The number of benzene rings is 2. The van der Waals surface area contributed by atoms with Crippen LogP contribution in [0.25, 0.3) is 0 Å². The zero-order valence-corrected chi connectivity index (χ0v) is 14.6. The Balaban J connectivity index is 1.85. The van der Waals surface area contributed by atoms with Gasteiger partial charge in [0.15, 0.2) is 0 Å². The monoisotopic (exact) mass is 378 g/mol. The average Bonchev–Trinajstić information content (AvgIpc) is 2.54. The number of hydrogen-bond donors (Lipinski definition) is 3. The van der Waals surface area contributed by atoms with Gasteiger partial charge in [-0.3, -0.25) is 4.79 Å². The number of carbonyl (C=O) groups excluding carboxylic acids is 1. The molecule has 2 atom stereocenters. The number of nitrogens with one attached hydrogen (secondary N) is 2. The Morgan fingerprint density at radius 2 is 1.92 bits per heavy atom. The van der Waals surface area contributed by atoms with Crippen LogP contribution in [-0.4, -0.2) is 23.0 Å². The number of amides is 1. The second-order valence-electron chi connectivity index (χ2n) is 5.90. The molecular formula is C18H16Cl2N2O3. The predicted octanol–water partition coefficient (Wildman–Crippen LogP) is 3.66. The lowest BCUT2D eigenvalue weighted by atomic mass is 9.92. The Hall–Kier alpha value is -2.24. The molecule has 0 saturated carbocycles. The quantitative estimate of drug-likeness (QED) is 0.758. The van der Waals surface area contributed by atoms with E-state index in [0.29, 0.717) is 21.3 Å². The SMILES string of the molecule is O=C(Cc1ccccc1)N[C@@H]1C[C@@H](C(=O)O)Nc2cc(Cl)cc(Cl)c21. The Labute approximate surface area is 154 Å². The van der Waals surface area contributed by atoms with Crippen LogP contribution in [0.5, 0.6) is 0 Å². The Morgan fingerprint density at radius 1 is 1.20 bits per heavy atom. The number of carboxylic acid groups (broad SMARTS) is 1. The molecule has 3 N–H and O–H groups in total. The molecule has 1 aliphatic heterocycles.